The highest BCUT2D eigenvalue weighted by Gasteiger charge is 2.35. The van der Waals surface area contributed by atoms with Gasteiger partial charge in [0.15, 0.2) is 0 Å². The number of furan rings is 1. The molecule has 2 heterocycles. The molecular formula is C25H27N3O3. The highest BCUT2D eigenvalue weighted by atomic mass is 16.5. The van der Waals surface area contributed by atoms with E-state index in [1.165, 1.54) is 11.1 Å². The summed E-state index contributed by atoms with van der Waals surface area (Å²) in [5.41, 5.74) is 4.26. The minimum atomic E-state index is -0.244. The number of rotatable bonds is 7. The Labute approximate surface area is 182 Å². The largest absolute Gasteiger partial charge is 0.497 e. The Morgan fingerprint density at radius 3 is 2.61 bits per heavy atom. The second-order valence-electron chi connectivity index (χ2n) is 7.85. The van der Waals surface area contributed by atoms with Crippen LogP contribution < -0.4 is 4.74 Å². The summed E-state index contributed by atoms with van der Waals surface area (Å²) in [6.07, 6.45) is 2.24. The molecule has 1 aliphatic heterocycles. The van der Waals surface area contributed by atoms with Crippen LogP contribution >= 0.6 is 0 Å². The van der Waals surface area contributed by atoms with E-state index in [9.17, 15) is 4.79 Å². The van der Waals surface area contributed by atoms with Gasteiger partial charge >= 0.3 is 0 Å². The molecule has 0 bridgehead atoms. The average molecular weight is 418 g/mol. The first kappa shape index (κ1) is 20.9. The van der Waals surface area contributed by atoms with Crippen molar-refractivity contribution < 1.29 is 13.9 Å². The lowest BCUT2D eigenvalue weighted by Crippen LogP contribution is -2.36. The Kier molecular flexibility index (Phi) is 6.18. The third-order valence-corrected chi connectivity index (χ3v) is 5.57. The Balaban J connectivity index is 1.52. The minimum Gasteiger partial charge on any atom is -0.497 e. The van der Waals surface area contributed by atoms with E-state index >= 15 is 0 Å². The molecule has 31 heavy (non-hydrogen) atoms. The van der Waals surface area contributed by atoms with Crippen LogP contribution in [0.25, 0.3) is 0 Å². The third-order valence-electron chi connectivity index (χ3n) is 5.57. The molecule has 0 aliphatic carbocycles. The minimum absolute atomic E-state index is 0.0546. The number of nitrogens with zero attached hydrogens (tertiary/aromatic N) is 3. The molecule has 0 radical (unpaired) electrons. The molecule has 0 spiro atoms. The zero-order valence-corrected chi connectivity index (χ0v) is 18.1. The standard InChI is InChI=1S/C25H27N3O3/c1-18-7-4-5-8-20(18)16-27(2)17-25(29)28-23(24-9-6-14-31-24)15-22(26-28)19-10-12-21(30-3)13-11-19/h4-14,23H,15-17H2,1-3H3/t23-/m1/s1. The van der Waals surface area contributed by atoms with Crippen molar-refractivity contribution in [2.24, 2.45) is 5.10 Å². The molecule has 0 saturated heterocycles. The van der Waals surface area contributed by atoms with Crippen LogP contribution in [-0.4, -0.2) is 42.2 Å². The molecule has 3 aromatic rings. The Morgan fingerprint density at radius 1 is 1.16 bits per heavy atom. The summed E-state index contributed by atoms with van der Waals surface area (Å²) in [6.45, 7) is 3.06. The molecule has 2 aromatic carbocycles. The van der Waals surface area contributed by atoms with Crippen LogP contribution in [0.15, 0.2) is 76.4 Å². The number of carbonyl (C=O) groups is 1. The van der Waals surface area contributed by atoms with Crippen LogP contribution in [0.3, 0.4) is 0 Å². The van der Waals surface area contributed by atoms with Gasteiger partial charge in [-0.3, -0.25) is 9.69 Å². The number of ether oxygens (including phenoxy) is 1. The van der Waals surface area contributed by atoms with Gasteiger partial charge in [-0.2, -0.15) is 5.10 Å². The number of carbonyl (C=O) groups excluding carboxylic acids is 1. The van der Waals surface area contributed by atoms with Gasteiger partial charge in [-0.05, 0) is 67.1 Å². The van der Waals surface area contributed by atoms with Gasteiger partial charge < -0.3 is 9.15 Å². The van der Waals surface area contributed by atoms with E-state index in [4.69, 9.17) is 14.3 Å². The predicted molar refractivity (Wildman–Crippen MR) is 120 cm³/mol. The third kappa shape index (κ3) is 4.70. The van der Waals surface area contributed by atoms with Crippen LogP contribution in [0.4, 0.5) is 0 Å². The van der Waals surface area contributed by atoms with Crippen molar-refractivity contribution in [3.05, 3.63) is 89.4 Å². The van der Waals surface area contributed by atoms with E-state index in [-0.39, 0.29) is 18.5 Å². The average Bonchev–Trinajstić information content (AvgIpc) is 3.45. The molecule has 1 aromatic heterocycles. The summed E-state index contributed by atoms with van der Waals surface area (Å²) in [6, 6.07) is 19.5. The molecule has 4 rings (SSSR count). The van der Waals surface area contributed by atoms with E-state index in [0.29, 0.717) is 13.0 Å². The number of methoxy groups -OCH3 is 1. The van der Waals surface area contributed by atoms with Crippen LogP contribution in [0.2, 0.25) is 0 Å². The van der Waals surface area contributed by atoms with E-state index in [2.05, 4.69) is 19.1 Å². The fraction of sp³-hybridized carbons (Fsp3) is 0.280. The highest BCUT2D eigenvalue weighted by Crippen LogP contribution is 2.33. The lowest BCUT2D eigenvalue weighted by molar-refractivity contribution is -0.134. The summed E-state index contributed by atoms with van der Waals surface area (Å²) in [7, 11) is 3.60. The number of hydrogen-bond donors (Lipinski definition) is 0. The van der Waals surface area contributed by atoms with Crippen molar-refractivity contribution in [1.82, 2.24) is 9.91 Å². The molecule has 160 valence electrons. The quantitative estimate of drug-likeness (QED) is 0.572. The van der Waals surface area contributed by atoms with Crippen molar-refractivity contribution in [2.45, 2.75) is 25.9 Å². The Morgan fingerprint density at radius 2 is 1.94 bits per heavy atom. The molecule has 6 nitrogen and oxygen atoms in total. The number of aryl methyl sites for hydroxylation is 1. The van der Waals surface area contributed by atoms with E-state index < -0.39 is 0 Å². The maximum absolute atomic E-state index is 13.2. The fourth-order valence-corrected chi connectivity index (χ4v) is 3.84. The first-order valence-electron chi connectivity index (χ1n) is 10.4. The number of hydrogen-bond acceptors (Lipinski definition) is 5. The first-order chi connectivity index (χ1) is 15.0. The smallest absolute Gasteiger partial charge is 0.257 e. The summed E-state index contributed by atoms with van der Waals surface area (Å²) in [5, 5.41) is 6.28. The van der Waals surface area contributed by atoms with E-state index in [0.717, 1.165) is 22.8 Å². The fourth-order valence-electron chi connectivity index (χ4n) is 3.84. The summed E-state index contributed by atoms with van der Waals surface area (Å²) >= 11 is 0. The number of likely N-dealkylation sites (N-methyl/N-ethyl adjacent to an activating group) is 1. The van der Waals surface area contributed by atoms with Crippen molar-refractivity contribution >= 4 is 11.6 Å². The summed E-state index contributed by atoms with van der Waals surface area (Å²) in [5.74, 6) is 1.47. The van der Waals surface area contributed by atoms with Gasteiger partial charge in [-0.15, -0.1) is 0 Å². The van der Waals surface area contributed by atoms with Gasteiger partial charge in [0.25, 0.3) is 5.91 Å². The van der Waals surface area contributed by atoms with Crippen molar-refractivity contribution in [3.63, 3.8) is 0 Å². The Hall–Kier alpha value is -3.38. The molecule has 6 heteroatoms. The summed E-state index contributed by atoms with van der Waals surface area (Å²) < 4.78 is 10.9. The predicted octanol–water partition coefficient (Wildman–Crippen LogP) is 4.41. The molecular weight excluding hydrogens is 390 g/mol. The van der Waals surface area contributed by atoms with Crippen LogP contribution in [-0.2, 0) is 11.3 Å². The zero-order chi connectivity index (χ0) is 21.8. The second-order valence-corrected chi connectivity index (χ2v) is 7.85. The lowest BCUT2D eigenvalue weighted by atomic mass is 10.0. The number of benzene rings is 2. The normalized spacial score (nSPS) is 15.9. The van der Waals surface area contributed by atoms with Crippen molar-refractivity contribution in [2.75, 3.05) is 20.7 Å². The second kappa shape index (κ2) is 9.18. The van der Waals surface area contributed by atoms with Gasteiger partial charge in [-0.1, -0.05) is 24.3 Å². The van der Waals surface area contributed by atoms with Gasteiger partial charge in [-0.25, -0.2) is 5.01 Å². The molecule has 0 unspecified atom stereocenters. The number of amides is 1. The molecule has 0 saturated carbocycles. The van der Waals surface area contributed by atoms with Gasteiger partial charge in [0, 0.05) is 13.0 Å². The van der Waals surface area contributed by atoms with Gasteiger partial charge in [0.1, 0.15) is 17.6 Å². The molecule has 1 atom stereocenters. The molecule has 0 N–H and O–H groups in total. The van der Waals surface area contributed by atoms with Gasteiger partial charge in [0.2, 0.25) is 0 Å². The highest BCUT2D eigenvalue weighted by molar-refractivity contribution is 6.03. The van der Waals surface area contributed by atoms with Crippen LogP contribution in [0.5, 0.6) is 5.75 Å². The maximum atomic E-state index is 13.2. The maximum Gasteiger partial charge on any atom is 0.257 e. The lowest BCUT2D eigenvalue weighted by Gasteiger charge is -2.23. The molecule has 1 amide bonds. The number of hydrazone groups is 1. The van der Waals surface area contributed by atoms with Gasteiger partial charge in [0.05, 0.1) is 25.6 Å². The first-order valence-corrected chi connectivity index (χ1v) is 10.4. The topological polar surface area (TPSA) is 58.3 Å². The van der Waals surface area contributed by atoms with Crippen molar-refractivity contribution in [1.29, 1.82) is 0 Å². The van der Waals surface area contributed by atoms with E-state index in [1.807, 2.05) is 60.5 Å². The van der Waals surface area contributed by atoms with Crippen LogP contribution in [0.1, 0.15) is 34.9 Å². The van der Waals surface area contributed by atoms with Crippen LogP contribution in [0, 0.1) is 6.92 Å². The zero-order valence-electron chi connectivity index (χ0n) is 18.1. The molecule has 1 aliphatic rings. The summed E-state index contributed by atoms with van der Waals surface area (Å²) in [4.78, 5) is 15.2. The monoisotopic (exact) mass is 417 g/mol. The SMILES string of the molecule is COc1ccc(C2=NN(C(=O)CN(C)Cc3ccccc3C)[C@@H](c3ccco3)C2)cc1. The molecule has 0 fully saturated rings. The van der Waals surface area contributed by atoms with Crippen molar-refractivity contribution in [3.8, 4) is 5.75 Å². The van der Waals surface area contributed by atoms with E-state index in [1.54, 1.807) is 18.4 Å². The Bertz CT molecular complexity index is 1060.